The molecule has 1 aliphatic heterocycles. The van der Waals surface area contributed by atoms with Crippen molar-refractivity contribution in [1.82, 2.24) is 4.31 Å². The van der Waals surface area contributed by atoms with Crippen LogP contribution in [0, 0.1) is 0 Å². The Bertz CT molecular complexity index is 973. The minimum Gasteiger partial charge on any atom is -0.406 e. The molecule has 0 amide bonds. The van der Waals surface area contributed by atoms with Gasteiger partial charge < -0.3 is 15.4 Å². The third-order valence-electron chi connectivity index (χ3n) is 4.41. The average Bonchev–Trinajstić information content (AvgIpc) is 2.69. The summed E-state index contributed by atoms with van der Waals surface area (Å²) in [6.07, 6.45) is -1.99. The number of piperidine rings is 1. The summed E-state index contributed by atoms with van der Waals surface area (Å²) in [6, 6.07) is 11.3. The summed E-state index contributed by atoms with van der Waals surface area (Å²) in [5.74, 6) is -0.336. The molecule has 30 heavy (non-hydrogen) atoms. The largest absolute Gasteiger partial charge is 0.573 e. The standard InChI is InChI=1S/C19H20F3N3O3S2/c20-19(21,22)28-16-8-4-14(5-9-16)23-18(29)24-15-6-10-17(11-7-15)30(26,27)25-12-2-1-3-13-25/h4-11H,1-3,12-13H2,(H2,23,24,29). The second-order valence-electron chi connectivity index (χ2n) is 6.64. The molecule has 1 heterocycles. The summed E-state index contributed by atoms with van der Waals surface area (Å²) in [6.45, 7) is 1.06. The van der Waals surface area contributed by atoms with Crippen LogP contribution in [0.15, 0.2) is 53.4 Å². The molecule has 0 aromatic heterocycles. The Morgan fingerprint density at radius 2 is 1.40 bits per heavy atom. The number of hydrogen-bond donors (Lipinski definition) is 2. The predicted molar refractivity (Wildman–Crippen MR) is 112 cm³/mol. The number of thiocarbonyl (C=S) groups is 1. The topological polar surface area (TPSA) is 70.7 Å². The summed E-state index contributed by atoms with van der Waals surface area (Å²) in [7, 11) is -3.51. The van der Waals surface area contributed by atoms with Crippen LogP contribution in [0.4, 0.5) is 24.5 Å². The van der Waals surface area contributed by atoms with Gasteiger partial charge in [-0.1, -0.05) is 6.42 Å². The number of benzene rings is 2. The molecule has 2 aromatic rings. The van der Waals surface area contributed by atoms with E-state index in [1.165, 1.54) is 40.7 Å². The minimum atomic E-state index is -4.75. The van der Waals surface area contributed by atoms with Gasteiger partial charge in [0.25, 0.3) is 0 Å². The maximum Gasteiger partial charge on any atom is 0.573 e. The zero-order valence-electron chi connectivity index (χ0n) is 15.8. The van der Waals surface area contributed by atoms with Gasteiger partial charge in [0.1, 0.15) is 5.75 Å². The molecule has 162 valence electrons. The van der Waals surface area contributed by atoms with Crippen molar-refractivity contribution in [2.45, 2.75) is 30.5 Å². The first kappa shape index (κ1) is 22.3. The number of anilines is 2. The zero-order chi connectivity index (χ0) is 21.8. The van der Waals surface area contributed by atoms with E-state index in [1.807, 2.05) is 0 Å². The highest BCUT2D eigenvalue weighted by Crippen LogP contribution is 2.25. The van der Waals surface area contributed by atoms with E-state index in [0.717, 1.165) is 19.3 Å². The fourth-order valence-electron chi connectivity index (χ4n) is 3.00. The molecule has 1 aliphatic rings. The van der Waals surface area contributed by atoms with E-state index in [-0.39, 0.29) is 15.8 Å². The smallest absolute Gasteiger partial charge is 0.406 e. The Hall–Kier alpha value is -2.37. The number of nitrogens with one attached hydrogen (secondary N) is 2. The molecule has 0 saturated carbocycles. The van der Waals surface area contributed by atoms with Crippen LogP contribution < -0.4 is 15.4 Å². The number of halogens is 3. The van der Waals surface area contributed by atoms with Crippen molar-refractivity contribution in [3.05, 3.63) is 48.5 Å². The molecule has 0 spiro atoms. The van der Waals surface area contributed by atoms with Crippen molar-refractivity contribution in [3.63, 3.8) is 0 Å². The summed E-state index contributed by atoms with van der Waals surface area (Å²) in [4.78, 5) is 0.217. The van der Waals surface area contributed by atoms with Gasteiger partial charge in [-0.15, -0.1) is 13.2 Å². The Morgan fingerprint density at radius 3 is 1.90 bits per heavy atom. The lowest BCUT2D eigenvalue weighted by Crippen LogP contribution is -2.35. The van der Waals surface area contributed by atoms with Crippen LogP contribution in [0.1, 0.15) is 19.3 Å². The number of alkyl halides is 3. The maximum atomic E-state index is 12.7. The molecule has 0 aliphatic carbocycles. The van der Waals surface area contributed by atoms with Gasteiger partial charge in [-0.05, 0) is 73.6 Å². The molecular weight excluding hydrogens is 439 g/mol. The number of sulfonamides is 1. The van der Waals surface area contributed by atoms with Crippen molar-refractivity contribution >= 4 is 38.7 Å². The first-order valence-corrected chi connectivity index (χ1v) is 11.0. The molecule has 11 heteroatoms. The molecule has 0 atom stereocenters. The molecule has 0 radical (unpaired) electrons. The van der Waals surface area contributed by atoms with Crippen molar-refractivity contribution < 1.29 is 26.3 Å². The molecule has 1 fully saturated rings. The molecular formula is C19H20F3N3O3S2. The molecule has 6 nitrogen and oxygen atoms in total. The fraction of sp³-hybridized carbons (Fsp3) is 0.316. The maximum absolute atomic E-state index is 12.7. The normalized spacial score (nSPS) is 15.4. The van der Waals surface area contributed by atoms with E-state index >= 15 is 0 Å². The fourth-order valence-corrected chi connectivity index (χ4v) is 4.75. The molecule has 2 aromatic carbocycles. The summed E-state index contributed by atoms with van der Waals surface area (Å²) >= 11 is 5.19. The van der Waals surface area contributed by atoms with Crippen LogP contribution in [0.25, 0.3) is 0 Å². The Balaban J connectivity index is 1.58. The lowest BCUT2D eigenvalue weighted by atomic mass is 10.2. The van der Waals surface area contributed by atoms with Crippen LogP contribution >= 0.6 is 12.2 Å². The molecule has 0 bridgehead atoms. The third kappa shape index (κ3) is 6.07. The number of nitrogens with zero attached hydrogens (tertiary/aromatic N) is 1. The van der Waals surface area contributed by atoms with Gasteiger partial charge in [0, 0.05) is 24.5 Å². The Kier molecular flexibility index (Phi) is 6.84. The van der Waals surface area contributed by atoms with E-state index in [1.54, 1.807) is 12.1 Å². The second kappa shape index (κ2) is 9.19. The number of rotatable bonds is 5. The number of hydrogen-bond acceptors (Lipinski definition) is 4. The quantitative estimate of drug-likeness (QED) is 0.639. The van der Waals surface area contributed by atoms with Crippen LogP contribution in [-0.4, -0.2) is 37.3 Å². The van der Waals surface area contributed by atoms with E-state index < -0.39 is 16.4 Å². The Morgan fingerprint density at radius 1 is 0.900 bits per heavy atom. The van der Waals surface area contributed by atoms with Crippen LogP contribution in [0.5, 0.6) is 5.75 Å². The van der Waals surface area contributed by atoms with Crippen molar-refractivity contribution in [2.24, 2.45) is 0 Å². The molecule has 2 N–H and O–H groups in total. The van der Waals surface area contributed by atoms with Crippen molar-refractivity contribution in [1.29, 1.82) is 0 Å². The summed E-state index contributed by atoms with van der Waals surface area (Å²) in [5.41, 5.74) is 1.04. The predicted octanol–water partition coefficient (Wildman–Crippen LogP) is 4.57. The van der Waals surface area contributed by atoms with Gasteiger partial charge in [-0.3, -0.25) is 0 Å². The van der Waals surface area contributed by atoms with E-state index in [9.17, 15) is 21.6 Å². The molecule has 3 rings (SSSR count). The second-order valence-corrected chi connectivity index (χ2v) is 8.99. The SMILES string of the molecule is O=S(=O)(c1ccc(NC(=S)Nc2ccc(OC(F)(F)F)cc2)cc1)N1CCCCC1. The van der Waals surface area contributed by atoms with Gasteiger partial charge in [-0.2, -0.15) is 4.31 Å². The van der Waals surface area contributed by atoms with Crippen molar-refractivity contribution in [2.75, 3.05) is 23.7 Å². The van der Waals surface area contributed by atoms with Crippen molar-refractivity contribution in [3.8, 4) is 5.75 Å². The Labute approximate surface area is 178 Å². The van der Waals surface area contributed by atoms with Crippen LogP contribution in [-0.2, 0) is 10.0 Å². The highest BCUT2D eigenvalue weighted by molar-refractivity contribution is 7.89. The van der Waals surface area contributed by atoms with Gasteiger partial charge in [0.05, 0.1) is 4.90 Å². The lowest BCUT2D eigenvalue weighted by molar-refractivity contribution is -0.274. The van der Waals surface area contributed by atoms with Gasteiger partial charge in [0.2, 0.25) is 10.0 Å². The van der Waals surface area contributed by atoms with Crippen LogP contribution in [0.3, 0.4) is 0 Å². The van der Waals surface area contributed by atoms with E-state index in [2.05, 4.69) is 15.4 Å². The van der Waals surface area contributed by atoms with Crippen LogP contribution in [0.2, 0.25) is 0 Å². The first-order chi connectivity index (χ1) is 14.1. The van der Waals surface area contributed by atoms with Gasteiger partial charge in [-0.25, -0.2) is 8.42 Å². The number of ether oxygens (including phenoxy) is 1. The lowest BCUT2D eigenvalue weighted by Gasteiger charge is -2.25. The monoisotopic (exact) mass is 459 g/mol. The molecule has 1 saturated heterocycles. The van der Waals surface area contributed by atoms with Gasteiger partial charge in [0.15, 0.2) is 5.11 Å². The van der Waals surface area contributed by atoms with E-state index in [0.29, 0.717) is 24.5 Å². The third-order valence-corrected chi connectivity index (χ3v) is 6.53. The summed E-state index contributed by atoms with van der Waals surface area (Å²) < 4.78 is 67.2. The summed E-state index contributed by atoms with van der Waals surface area (Å²) in [5, 5.41) is 5.94. The highest BCUT2D eigenvalue weighted by Gasteiger charge is 2.31. The minimum absolute atomic E-state index is 0.200. The highest BCUT2D eigenvalue weighted by atomic mass is 32.2. The zero-order valence-corrected chi connectivity index (χ0v) is 17.4. The first-order valence-electron chi connectivity index (χ1n) is 9.17. The van der Waals surface area contributed by atoms with Gasteiger partial charge >= 0.3 is 6.36 Å². The molecule has 0 unspecified atom stereocenters. The average molecular weight is 460 g/mol. The van der Waals surface area contributed by atoms with E-state index in [4.69, 9.17) is 12.2 Å².